The summed E-state index contributed by atoms with van der Waals surface area (Å²) in [6.45, 7) is 2.60. The van der Waals surface area contributed by atoms with Crippen LogP contribution < -0.4 is 10.5 Å². The van der Waals surface area contributed by atoms with Crippen molar-refractivity contribution in [1.29, 1.82) is 0 Å². The zero-order valence-electron chi connectivity index (χ0n) is 16.6. The molecule has 0 bridgehead atoms. The number of H-pyrrole nitrogens is 1. The highest BCUT2D eigenvalue weighted by Crippen LogP contribution is 2.36. The number of carbonyl (C=O) groups excluding carboxylic acids is 1. The van der Waals surface area contributed by atoms with Gasteiger partial charge >= 0.3 is 0 Å². The average Bonchev–Trinajstić information content (AvgIpc) is 3.24. The Morgan fingerprint density at radius 2 is 1.97 bits per heavy atom. The summed E-state index contributed by atoms with van der Waals surface area (Å²) in [5, 5.41) is 11.0. The number of thioether (sulfide) groups is 1. The summed E-state index contributed by atoms with van der Waals surface area (Å²) in [7, 11) is 0. The molecule has 0 radical (unpaired) electrons. The topological polar surface area (TPSA) is 95.1 Å². The number of nitrogens with zero attached hydrogens (tertiary/aromatic N) is 5. The van der Waals surface area contributed by atoms with Crippen molar-refractivity contribution in [2.24, 2.45) is 0 Å². The molecule has 156 valence electrons. The van der Waals surface area contributed by atoms with Gasteiger partial charge in [0.15, 0.2) is 0 Å². The fraction of sp³-hybridized carbons (Fsp3) is 0.632. The number of amides is 1. The van der Waals surface area contributed by atoms with Crippen LogP contribution in [0.15, 0.2) is 10.9 Å². The maximum absolute atomic E-state index is 12.8. The van der Waals surface area contributed by atoms with Crippen LogP contribution in [0.5, 0.6) is 0 Å². The fourth-order valence-corrected chi connectivity index (χ4v) is 5.43. The smallest absolute Gasteiger partial charge is 0.272 e. The lowest BCUT2D eigenvalue weighted by Gasteiger charge is -2.34. The quantitative estimate of drug-likeness (QED) is 0.772. The van der Waals surface area contributed by atoms with E-state index in [1.807, 2.05) is 6.26 Å². The van der Waals surface area contributed by atoms with Gasteiger partial charge in [0.2, 0.25) is 5.13 Å². The van der Waals surface area contributed by atoms with Crippen molar-refractivity contribution in [3.63, 3.8) is 0 Å². The molecule has 1 saturated heterocycles. The normalized spacial score (nSPS) is 18.2. The SMILES string of the molecule is CSCc1nc(C(=O)N2CCN(c3nnc(C4CCCCC4)s3)CC2)cc(=O)[nH]1. The largest absolute Gasteiger partial charge is 0.343 e. The van der Waals surface area contributed by atoms with E-state index in [1.165, 1.54) is 38.2 Å². The number of hydrogen-bond acceptors (Lipinski definition) is 8. The van der Waals surface area contributed by atoms with Crippen LogP contribution in [-0.4, -0.2) is 63.4 Å². The van der Waals surface area contributed by atoms with Gasteiger partial charge in [-0.1, -0.05) is 30.6 Å². The van der Waals surface area contributed by atoms with Gasteiger partial charge in [0.05, 0.1) is 5.75 Å². The van der Waals surface area contributed by atoms with Gasteiger partial charge in [-0.05, 0) is 19.1 Å². The van der Waals surface area contributed by atoms with Crippen molar-refractivity contribution in [2.75, 3.05) is 37.3 Å². The molecule has 3 heterocycles. The average molecular weight is 435 g/mol. The second kappa shape index (κ2) is 9.25. The maximum atomic E-state index is 12.8. The number of aromatic amines is 1. The summed E-state index contributed by atoms with van der Waals surface area (Å²) in [5.41, 5.74) is -0.0584. The molecule has 2 aromatic heterocycles. The van der Waals surface area contributed by atoms with Gasteiger partial charge in [-0.25, -0.2) is 4.98 Å². The van der Waals surface area contributed by atoms with Gasteiger partial charge in [0, 0.05) is 38.2 Å². The molecule has 1 amide bonds. The number of anilines is 1. The predicted octanol–water partition coefficient (Wildman–Crippen LogP) is 2.49. The first-order chi connectivity index (χ1) is 14.1. The lowest BCUT2D eigenvalue weighted by atomic mass is 9.90. The van der Waals surface area contributed by atoms with Crippen molar-refractivity contribution in [3.05, 3.63) is 32.9 Å². The molecule has 4 rings (SSSR count). The zero-order chi connectivity index (χ0) is 20.2. The van der Waals surface area contributed by atoms with E-state index in [1.54, 1.807) is 28.0 Å². The van der Waals surface area contributed by atoms with Crippen LogP contribution in [0.25, 0.3) is 0 Å². The molecule has 1 aliphatic heterocycles. The van der Waals surface area contributed by atoms with Crippen LogP contribution in [0.1, 0.15) is 59.3 Å². The van der Waals surface area contributed by atoms with Crippen molar-refractivity contribution in [1.82, 2.24) is 25.1 Å². The number of nitrogens with one attached hydrogen (secondary N) is 1. The van der Waals surface area contributed by atoms with Crippen molar-refractivity contribution in [3.8, 4) is 0 Å². The third-order valence-electron chi connectivity index (χ3n) is 5.51. The van der Waals surface area contributed by atoms with E-state index in [-0.39, 0.29) is 17.2 Å². The molecule has 0 atom stereocenters. The molecule has 0 unspecified atom stereocenters. The standard InChI is InChI=1S/C19H26N6O2S2/c1-28-12-15-20-14(11-16(26)21-15)18(27)24-7-9-25(10-8-24)19-23-22-17(29-19)13-5-3-2-4-6-13/h11,13H,2-10,12H2,1H3,(H,20,21,26). The Labute approximate surface area is 178 Å². The lowest BCUT2D eigenvalue weighted by Crippen LogP contribution is -2.49. The minimum atomic E-state index is -0.282. The molecular formula is C19H26N6O2S2. The molecule has 2 fully saturated rings. The Morgan fingerprint density at radius 1 is 1.21 bits per heavy atom. The minimum Gasteiger partial charge on any atom is -0.343 e. The first-order valence-corrected chi connectivity index (χ1v) is 12.3. The zero-order valence-corrected chi connectivity index (χ0v) is 18.2. The molecular weight excluding hydrogens is 408 g/mol. The number of carbonyl (C=O) groups is 1. The Bertz CT molecular complexity index is 900. The second-order valence-electron chi connectivity index (χ2n) is 7.55. The Morgan fingerprint density at radius 3 is 2.69 bits per heavy atom. The number of piperazine rings is 1. The lowest BCUT2D eigenvalue weighted by molar-refractivity contribution is 0.0740. The van der Waals surface area contributed by atoms with E-state index < -0.39 is 0 Å². The third kappa shape index (κ3) is 4.80. The van der Waals surface area contributed by atoms with E-state index in [0.29, 0.717) is 43.7 Å². The predicted molar refractivity (Wildman–Crippen MR) is 116 cm³/mol. The van der Waals surface area contributed by atoms with Crippen LogP contribution in [-0.2, 0) is 5.75 Å². The number of aromatic nitrogens is 4. The van der Waals surface area contributed by atoms with Crippen LogP contribution in [0.3, 0.4) is 0 Å². The molecule has 10 heteroatoms. The van der Waals surface area contributed by atoms with Gasteiger partial charge in [-0.15, -0.1) is 10.2 Å². The highest BCUT2D eigenvalue weighted by Gasteiger charge is 2.27. The molecule has 1 saturated carbocycles. The summed E-state index contributed by atoms with van der Waals surface area (Å²) in [5.74, 6) is 1.50. The highest BCUT2D eigenvalue weighted by molar-refractivity contribution is 7.97. The fourth-order valence-electron chi connectivity index (χ4n) is 3.95. The van der Waals surface area contributed by atoms with Crippen molar-refractivity contribution < 1.29 is 4.79 Å². The first-order valence-electron chi connectivity index (χ1n) is 10.1. The van der Waals surface area contributed by atoms with Gasteiger partial charge in [-0.3, -0.25) is 9.59 Å². The van der Waals surface area contributed by atoms with Gasteiger partial charge in [-0.2, -0.15) is 11.8 Å². The number of rotatable bonds is 5. The molecule has 0 spiro atoms. The third-order valence-corrected chi connectivity index (χ3v) is 7.22. The van der Waals surface area contributed by atoms with Crippen molar-refractivity contribution in [2.45, 2.75) is 43.8 Å². The molecule has 2 aliphatic rings. The highest BCUT2D eigenvalue weighted by atomic mass is 32.2. The molecule has 8 nitrogen and oxygen atoms in total. The van der Waals surface area contributed by atoms with E-state index >= 15 is 0 Å². The van der Waals surface area contributed by atoms with Crippen molar-refractivity contribution >= 4 is 34.1 Å². The first kappa shape index (κ1) is 20.3. The molecule has 29 heavy (non-hydrogen) atoms. The summed E-state index contributed by atoms with van der Waals surface area (Å²) >= 11 is 3.25. The van der Waals surface area contributed by atoms with Crippen LogP contribution in [0.2, 0.25) is 0 Å². The molecule has 1 aliphatic carbocycles. The summed E-state index contributed by atoms with van der Waals surface area (Å²) in [6.07, 6.45) is 8.28. The van der Waals surface area contributed by atoms with Crippen LogP contribution >= 0.6 is 23.1 Å². The van der Waals surface area contributed by atoms with E-state index in [0.717, 1.165) is 10.1 Å². The maximum Gasteiger partial charge on any atom is 0.272 e. The second-order valence-corrected chi connectivity index (χ2v) is 9.40. The molecule has 0 aromatic carbocycles. The van der Waals surface area contributed by atoms with Crippen LogP contribution in [0, 0.1) is 0 Å². The monoisotopic (exact) mass is 434 g/mol. The summed E-state index contributed by atoms with van der Waals surface area (Å²) in [4.78, 5) is 35.7. The Balaban J connectivity index is 1.37. The van der Waals surface area contributed by atoms with E-state index in [9.17, 15) is 9.59 Å². The van der Waals surface area contributed by atoms with Gasteiger partial charge in [0.1, 0.15) is 16.5 Å². The number of hydrogen-bond donors (Lipinski definition) is 1. The Hall–Kier alpha value is -1.94. The minimum absolute atomic E-state index is 0.182. The summed E-state index contributed by atoms with van der Waals surface area (Å²) in [6, 6.07) is 1.29. The van der Waals surface area contributed by atoms with Crippen LogP contribution in [0.4, 0.5) is 5.13 Å². The van der Waals surface area contributed by atoms with E-state index in [2.05, 4.69) is 25.1 Å². The Kier molecular flexibility index (Phi) is 6.49. The van der Waals surface area contributed by atoms with E-state index in [4.69, 9.17) is 0 Å². The summed E-state index contributed by atoms with van der Waals surface area (Å²) < 4.78 is 0. The molecule has 2 aromatic rings. The van der Waals surface area contributed by atoms with Gasteiger partial charge in [0.25, 0.3) is 11.5 Å². The van der Waals surface area contributed by atoms with Gasteiger partial charge < -0.3 is 14.8 Å². The molecule has 1 N–H and O–H groups in total.